The maximum Gasteiger partial charge on any atom is 0.343 e. The van der Waals surface area contributed by atoms with E-state index in [-0.39, 0.29) is 18.3 Å². The van der Waals surface area contributed by atoms with Crippen molar-refractivity contribution in [2.24, 2.45) is 5.92 Å². The summed E-state index contributed by atoms with van der Waals surface area (Å²) in [5, 5.41) is 11.4. The number of carbonyl (C=O) groups excluding carboxylic acids is 2. The number of aliphatic hydroxyl groups is 1. The number of ether oxygens (including phenoxy) is 1. The molecule has 148 valence electrons. The van der Waals surface area contributed by atoms with Crippen molar-refractivity contribution in [2.75, 3.05) is 19.7 Å². The van der Waals surface area contributed by atoms with E-state index in [0.29, 0.717) is 5.56 Å². The smallest absolute Gasteiger partial charge is 0.343 e. The van der Waals surface area contributed by atoms with Crippen molar-refractivity contribution in [3.05, 3.63) is 48.2 Å². The molecule has 0 aromatic heterocycles. The Balaban J connectivity index is 2.09. The van der Waals surface area contributed by atoms with Crippen LogP contribution in [0.5, 0.6) is 0 Å². The van der Waals surface area contributed by atoms with E-state index in [9.17, 15) is 14.7 Å². The summed E-state index contributed by atoms with van der Waals surface area (Å²) >= 11 is 0. The van der Waals surface area contributed by atoms with Gasteiger partial charge in [-0.05, 0) is 32.3 Å². The van der Waals surface area contributed by atoms with Gasteiger partial charge in [0.2, 0.25) is 0 Å². The standard InChI is InChI=1S/C22H31NO4/c1-3-23(4-2)16-15-20(24)17-27-21(25)22(26,18-11-7-5-8-12-18)19-13-9-6-10-14-19/h5,7-8,11-12,15-16,19,26H,3-4,6,9-10,13-14,17H2,1-2H3/b16-15+. The largest absolute Gasteiger partial charge is 0.455 e. The lowest BCUT2D eigenvalue weighted by atomic mass is 9.73. The molecule has 1 aromatic carbocycles. The van der Waals surface area contributed by atoms with Crippen LogP contribution in [0.4, 0.5) is 0 Å². The van der Waals surface area contributed by atoms with Crippen molar-refractivity contribution < 1.29 is 19.4 Å². The van der Waals surface area contributed by atoms with E-state index in [1.165, 1.54) is 6.08 Å². The lowest BCUT2D eigenvalue weighted by molar-refractivity contribution is -0.176. The van der Waals surface area contributed by atoms with Crippen LogP contribution >= 0.6 is 0 Å². The Morgan fingerprint density at radius 1 is 1.15 bits per heavy atom. The molecule has 1 unspecified atom stereocenters. The molecule has 5 nitrogen and oxygen atoms in total. The molecule has 0 radical (unpaired) electrons. The Labute approximate surface area is 162 Å². The number of ketones is 1. The van der Waals surface area contributed by atoms with Crippen molar-refractivity contribution in [2.45, 2.75) is 51.6 Å². The number of rotatable bonds is 9. The molecule has 0 spiro atoms. The van der Waals surface area contributed by atoms with E-state index in [1.807, 2.05) is 24.8 Å². The average molecular weight is 373 g/mol. The molecule has 2 rings (SSSR count). The third kappa shape index (κ3) is 5.42. The first-order valence-electron chi connectivity index (χ1n) is 9.92. The van der Waals surface area contributed by atoms with Gasteiger partial charge in [-0.25, -0.2) is 4.79 Å². The number of carbonyl (C=O) groups is 2. The Morgan fingerprint density at radius 2 is 1.78 bits per heavy atom. The highest BCUT2D eigenvalue weighted by atomic mass is 16.6. The third-order valence-corrected chi connectivity index (χ3v) is 5.35. The minimum atomic E-state index is -1.70. The van der Waals surface area contributed by atoms with Crippen LogP contribution in [0.25, 0.3) is 0 Å². The number of nitrogens with zero attached hydrogens (tertiary/aromatic N) is 1. The zero-order chi connectivity index (χ0) is 19.7. The van der Waals surface area contributed by atoms with Crippen LogP contribution in [0, 0.1) is 5.92 Å². The van der Waals surface area contributed by atoms with Crippen molar-refractivity contribution in [1.82, 2.24) is 4.90 Å². The van der Waals surface area contributed by atoms with Gasteiger partial charge in [0.15, 0.2) is 18.0 Å². The summed E-state index contributed by atoms with van der Waals surface area (Å²) in [7, 11) is 0. The van der Waals surface area contributed by atoms with E-state index >= 15 is 0 Å². The molecule has 0 bridgehead atoms. The highest BCUT2D eigenvalue weighted by Crippen LogP contribution is 2.40. The molecule has 5 heteroatoms. The maximum atomic E-state index is 12.9. The van der Waals surface area contributed by atoms with Crippen LogP contribution in [0.2, 0.25) is 0 Å². The molecule has 0 aliphatic heterocycles. The van der Waals surface area contributed by atoms with Gasteiger partial charge in [-0.1, -0.05) is 49.6 Å². The summed E-state index contributed by atoms with van der Waals surface area (Å²) in [4.78, 5) is 26.9. The van der Waals surface area contributed by atoms with E-state index < -0.39 is 11.6 Å². The first-order chi connectivity index (χ1) is 13.0. The molecular weight excluding hydrogens is 342 g/mol. The highest BCUT2D eigenvalue weighted by molar-refractivity contribution is 5.92. The number of hydrogen-bond acceptors (Lipinski definition) is 5. The molecule has 0 amide bonds. The molecule has 0 heterocycles. The number of benzene rings is 1. The Hall–Kier alpha value is -2.14. The van der Waals surface area contributed by atoms with E-state index in [4.69, 9.17) is 4.74 Å². The van der Waals surface area contributed by atoms with Crippen molar-refractivity contribution >= 4 is 11.8 Å². The Kier molecular flexibility index (Phi) is 8.04. The van der Waals surface area contributed by atoms with Gasteiger partial charge in [-0.2, -0.15) is 0 Å². The number of esters is 1. The predicted octanol–water partition coefficient (Wildman–Crippen LogP) is 3.42. The molecule has 27 heavy (non-hydrogen) atoms. The lowest BCUT2D eigenvalue weighted by Crippen LogP contribution is -2.45. The molecule has 1 aliphatic carbocycles. The van der Waals surface area contributed by atoms with Crippen molar-refractivity contribution in [1.29, 1.82) is 0 Å². The van der Waals surface area contributed by atoms with Gasteiger partial charge < -0.3 is 14.7 Å². The highest BCUT2D eigenvalue weighted by Gasteiger charge is 2.47. The van der Waals surface area contributed by atoms with Crippen LogP contribution in [-0.2, 0) is 19.9 Å². The number of hydrogen-bond donors (Lipinski definition) is 1. The fourth-order valence-corrected chi connectivity index (χ4v) is 3.65. The first kappa shape index (κ1) is 21.2. The second kappa shape index (κ2) is 10.3. The monoisotopic (exact) mass is 373 g/mol. The van der Waals surface area contributed by atoms with E-state index in [1.54, 1.807) is 30.5 Å². The molecular formula is C22H31NO4. The molecule has 0 saturated heterocycles. The summed E-state index contributed by atoms with van der Waals surface area (Å²) in [5.74, 6) is -1.22. The summed E-state index contributed by atoms with van der Waals surface area (Å²) in [6.45, 7) is 5.24. The quantitative estimate of drug-likeness (QED) is 0.531. The van der Waals surface area contributed by atoms with Gasteiger partial charge in [-0.3, -0.25) is 4.79 Å². The fraction of sp³-hybridized carbons (Fsp3) is 0.545. The van der Waals surface area contributed by atoms with Crippen molar-refractivity contribution in [3.8, 4) is 0 Å². The summed E-state index contributed by atoms with van der Waals surface area (Å²) in [6, 6.07) is 8.94. The zero-order valence-electron chi connectivity index (χ0n) is 16.4. The van der Waals surface area contributed by atoms with E-state index in [0.717, 1.165) is 45.2 Å². The Morgan fingerprint density at radius 3 is 2.37 bits per heavy atom. The minimum Gasteiger partial charge on any atom is -0.455 e. The normalized spacial score (nSPS) is 17.4. The van der Waals surface area contributed by atoms with Gasteiger partial charge in [-0.15, -0.1) is 0 Å². The molecule has 1 N–H and O–H groups in total. The van der Waals surface area contributed by atoms with Crippen molar-refractivity contribution in [3.63, 3.8) is 0 Å². The molecule has 1 aromatic rings. The Bertz CT molecular complexity index is 633. The molecule has 1 atom stereocenters. The summed E-state index contributed by atoms with van der Waals surface area (Å²) < 4.78 is 5.27. The fourth-order valence-electron chi connectivity index (χ4n) is 3.65. The van der Waals surface area contributed by atoms with Gasteiger partial charge in [0, 0.05) is 31.3 Å². The zero-order valence-corrected chi connectivity index (χ0v) is 16.4. The van der Waals surface area contributed by atoms with Gasteiger partial charge >= 0.3 is 5.97 Å². The molecule has 1 saturated carbocycles. The van der Waals surface area contributed by atoms with Crippen LogP contribution in [0.3, 0.4) is 0 Å². The average Bonchev–Trinajstić information content (AvgIpc) is 2.73. The van der Waals surface area contributed by atoms with Gasteiger partial charge in [0.05, 0.1) is 0 Å². The topological polar surface area (TPSA) is 66.8 Å². The maximum absolute atomic E-state index is 12.9. The van der Waals surface area contributed by atoms with Crippen LogP contribution in [-0.4, -0.2) is 41.5 Å². The van der Waals surface area contributed by atoms with E-state index in [2.05, 4.69) is 0 Å². The van der Waals surface area contributed by atoms with Gasteiger partial charge in [0.1, 0.15) is 0 Å². The minimum absolute atomic E-state index is 0.192. The predicted molar refractivity (Wildman–Crippen MR) is 105 cm³/mol. The lowest BCUT2D eigenvalue weighted by Gasteiger charge is -2.36. The van der Waals surface area contributed by atoms with Crippen LogP contribution in [0.15, 0.2) is 42.6 Å². The second-order valence-corrected chi connectivity index (χ2v) is 7.05. The summed E-state index contributed by atoms with van der Waals surface area (Å²) in [5.41, 5.74) is -1.17. The molecule has 1 aliphatic rings. The third-order valence-electron chi connectivity index (χ3n) is 5.35. The van der Waals surface area contributed by atoms with Crippen LogP contribution in [0.1, 0.15) is 51.5 Å². The first-order valence-corrected chi connectivity index (χ1v) is 9.92. The van der Waals surface area contributed by atoms with Gasteiger partial charge in [0.25, 0.3) is 0 Å². The summed E-state index contributed by atoms with van der Waals surface area (Å²) in [6.07, 6.45) is 7.76. The molecule has 1 fully saturated rings. The van der Waals surface area contributed by atoms with Crippen LogP contribution < -0.4 is 0 Å². The SMILES string of the molecule is CCN(/C=C/C(=O)COC(=O)C(O)(c1ccccc1)C1CCCCC1)CC. The second-order valence-electron chi connectivity index (χ2n) is 7.05.